The van der Waals surface area contributed by atoms with Crippen molar-refractivity contribution in [1.29, 1.82) is 5.26 Å². The van der Waals surface area contributed by atoms with Crippen molar-refractivity contribution in [3.8, 4) is 6.07 Å². The van der Waals surface area contributed by atoms with Crippen LogP contribution in [0, 0.1) is 23.2 Å². The minimum atomic E-state index is -0.401. The first-order chi connectivity index (χ1) is 14.1. The molecular formula is C23H28N4O2. The Hall–Kier alpha value is -2.81. The second-order valence-electron chi connectivity index (χ2n) is 8.38. The fourth-order valence-electron chi connectivity index (χ4n) is 4.33. The number of hydrogen-bond donors (Lipinski definition) is 3. The Morgan fingerprint density at radius 2 is 2.00 bits per heavy atom. The molecule has 29 heavy (non-hydrogen) atoms. The van der Waals surface area contributed by atoms with Crippen molar-refractivity contribution in [3.05, 3.63) is 35.5 Å². The highest BCUT2D eigenvalue weighted by atomic mass is 16.2. The van der Waals surface area contributed by atoms with E-state index in [1.807, 2.05) is 12.1 Å². The molecule has 2 aliphatic rings. The molecule has 0 spiro atoms. The molecule has 4 rings (SSSR count). The van der Waals surface area contributed by atoms with E-state index in [-0.39, 0.29) is 23.8 Å². The molecule has 0 bridgehead atoms. The summed E-state index contributed by atoms with van der Waals surface area (Å²) in [5, 5.41) is 16.3. The van der Waals surface area contributed by atoms with Gasteiger partial charge in [-0.15, -0.1) is 0 Å². The molecular weight excluding hydrogens is 364 g/mol. The predicted molar refractivity (Wildman–Crippen MR) is 111 cm³/mol. The minimum absolute atomic E-state index is 0.0994. The fraction of sp³-hybridized carbons (Fsp3) is 0.522. The second kappa shape index (κ2) is 8.28. The smallest absolute Gasteiger partial charge is 0.267 e. The Morgan fingerprint density at radius 1 is 1.21 bits per heavy atom. The Kier molecular flexibility index (Phi) is 5.57. The molecule has 3 N–H and O–H groups in total. The molecule has 0 aliphatic heterocycles. The summed E-state index contributed by atoms with van der Waals surface area (Å²) >= 11 is 0. The molecule has 1 heterocycles. The topological polar surface area (TPSA) is 97.8 Å². The number of amides is 2. The van der Waals surface area contributed by atoms with Crippen LogP contribution >= 0.6 is 0 Å². The van der Waals surface area contributed by atoms with E-state index in [0.717, 1.165) is 55.8 Å². The third-order valence-corrected chi connectivity index (χ3v) is 6.29. The van der Waals surface area contributed by atoms with Gasteiger partial charge in [-0.1, -0.05) is 25.8 Å². The Morgan fingerprint density at radius 3 is 2.72 bits per heavy atom. The number of nitrogens with zero attached hydrogens (tertiary/aromatic N) is 1. The van der Waals surface area contributed by atoms with Gasteiger partial charge in [0.15, 0.2) is 0 Å². The Balaban J connectivity index is 1.45. The summed E-state index contributed by atoms with van der Waals surface area (Å²) in [5.74, 6) is -0.265. The Bertz CT molecular complexity index is 953. The molecule has 2 amide bonds. The van der Waals surface area contributed by atoms with Crippen molar-refractivity contribution in [2.45, 2.75) is 64.0 Å². The third-order valence-electron chi connectivity index (χ3n) is 6.29. The van der Waals surface area contributed by atoms with Gasteiger partial charge in [0.2, 0.25) is 5.91 Å². The molecule has 2 aliphatic carbocycles. The van der Waals surface area contributed by atoms with E-state index in [2.05, 4.69) is 40.7 Å². The number of aromatic amines is 1. The molecule has 0 radical (unpaired) electrons. The van der Waals surface area contributed by atoms with Gasteiger partial charge in [0.1, 0.15) is 11.7 Å². The monoisotopic (exact) mass is 392 g/mol. The van der Waals surface area contributed by atoms with E-state index < -0.39 is 6.04 Å². The van der Waals surface area contributed by atoms with Crippen molar-refractivity contribution in [2.75, 3.05) is 0 Å². The Labute approximate surface area is 171 Å². The maximum absolute atomic E-state index is 12.9. The zero-order valence-electron chi connectivity index (χ0n) is 16.8. The summed E-state index contributed by atoms with van der Waals surface area (Å²) in [5.41, 5.74) is 2.69. The third kappa shape index (κ3) is 4.29. The normalized spacial score (nSPS) is 22.6. The number of hydrogen-bond acceptors (Lipinski definition) is 3. The molecule has 2 fully saturated rings. The van der Waals surface area contributed by atoms with Crippen LogP contribution < -0.4 is 10.6 Å². The summed E-state index contributed by atoms with van der Waals surface area (Å²) in [4.78, 5) is 28.9. The van der Waals surface area contributed by atoms with Crippen LogP contribution in [0.3, 0.4) is 0 Å². The summed E-state index contributed by atoms with van der Waals surface area (Å²) in [6, 6.07) is 9.65. The molecule has 3 atom stereocenters. The molecule has 1 aromatic heterocycles. The molecule has 6 heteroatoms. The number of rotatable bonds is 6. The average Bonchev–Trinajstić information content (AvgIpc) is 3.49. The van der Waals surface area contributed by atoms with Crippen LogP contribution in [0.1, 0.15) is 61.5 Å². The van der Waals surface area contributed by atoms with Gasteiger partial charge in [-0.05, 0) is 61.8 Å². The highest BCUT2D eigenvalue weighted by molar-refractivity contribution is 5.98. The van der Waals surface area contributed by atoms with Gasteiger partial charge < -0.3 is 15.6 Å². The SMILES string of the molecule is CCc1ccc2[nH]c(C(=O)NC3CCCC[C@H]3C(=O)N[C@H](C#N)C3CC3)cc2c1. The number of fused-ring (bicyclic) bond motifs is 1. The summed E-state index contributed by atoms with van der Waals surface area (Å²) in [6.07, 6.45) is 6.44. The zero-order valence-corrected chi connectivity index (χ0v) is 16.8. The molecule has 0 saturated heterocycles. The van der Waals surface area contributed by atoms with Crippen molar-refractivity contribution < 1.29 is 9.59 Å². The highest BCUT2D eigenvalue weighted by Crippen LogP contribution is 2.33. The van der Waals surface area contributed by atoms with Crippen LogP contribution in [0.2, 0.25) is 0 Å². The van der Waals surface area contributed by atoms with E-state index in [0.29, 0.717) is 11.6 Å². The van der Waals surface area contributed by atoms with Crippen LogP contribution in [0.25, 0.3) is 10.9 Å². The number of H-pyrrole nitrogens is 1. The van der Waals surface area contributed by atoms with Gasteiger partial charge >= 0.3 is 0 Å². The van der Waals surface area contributed by atoms with Crippen molar-refractivity contribution in [2.24, 2.45) is 11.8 Å². The van der Waals surface area contributed by atoms with Crippen LogP contribution in [0.5, 0.6) is 0 Å². The van der Waals surface area contributed by atoms with Crippen LogP contribution in [0.4, 0.5) is 0 Å². The van der Waals surface area contributed by atoms with Gasteiger partial charge in [-0.2, -0.15) is 5.26 Å². The first-order valence-corrected chi connectivity index (χ1v) is 10.7. The quantitative estimate of drug-likeness (QED) is 0.702. The van der Waals surface area contributed by atoms with E-state index >= 15 is 0 Å². The van der Waals surface area contributed by atoms with Crippen molar-refractivity contribution in [1.82, 2.24) is 15.6 Å². The lowest BCUT2D eigenvalue weighted by Gasteiger charge is -2.31. The van der Waals surface area contributed by atoms with E-state index in [1.54, 1.807) is 0 Å². The molecule has 152 valence electrons. The van der Waals surface area contributed by atoms with Gasteiger partial charge in [0.05, 0.1) is 12.0 Å². The number of nitriles is 1. The van der Waals surface area contributed by atoms with Crippen LogP contribution in [0.15, 0.2) is 24.3 Å². The lowest BCUT2D eigenvalue weighted by molar-refractivity contribution is -0.127. The maximum Gasteiger partial charge on any atom is 0.267 e. The lowest BCUT2D eigenvalue weighted by Crippen LogP contribution is -2.50. The van der Waals surface area contributed by atoms with Gasteiger partial charge in [-0.25, -0.2) is 0 Å². The molecule has 2 aromatic rings. The molecule has 1 aromatic carbocycles. The summed E-state index contributed by atoms with van der Waals surface area (Å²) < 4.78 is 0. The van der Waals surface area contributed by atoms with Gasteiger partial charge in [-0.3, -0.25) is 9.59 Å². The minimum Gasteiger partial charge on any atom is -0.351 e. The zero-order chi connectivity index (χ0) is 20.4. The number of benzene rings is 1. The number of nitrogens with one attached hydrogen (secondary N) is 3. The standard InChI is InChI=1S/C23H28N4O2/c1-2-14-7-10-18-16(11-14)12-20(25-18)23(29)26-19-6-4-3-5-17(19)22(28)27-21(13-24)15-8-9-15/h7,10-12,15,17,19,21,25H,2-6,8-9H2,1H3,(H,26,29)(H,27,28)/t17-,19?,21-/m1/s1. The largest absolute Gasteiger partial charge is 0.351 e. The van der Waals surface area contributed by atoms with Gasteiger partial charge in [0.25, 0.3) is 5.91 Å². The van der Waals surface area contributed by atoms with Crippen LogP contribution in [-0.4, -0.2) is 28.9 Å². The van der Waals surface area contributed by atoms with Crippen molar-refractivity contribution >= 4 is 22.7 Å². The second-order valence-corrected chi connectivity index (χ2v) is 8.38. The summed E-state index contributed by atoms with van der Waals surface area (Å²) in [6.45, 7) is 2.11. The number of carbonyl (C=O) groups is 2. The number of aromatic nitrogens is 1. The molecule has 2 saturated carbocycles. The van der Waals surface area contributed by atoms with Crippen molar-refractivity contribution in [3.63, 3.8) is 0 Å². The number of aryl methyl sites for hydroxylation is 1. The predicted octanol–water partition coefficient (Wildman–Crippen LogP) is 3.44. The highest BCUT2D eigenvalue weighted by Gasteiger charge is 2.37. The fourth-order valence-corrected chi connectivity index (χ4v) is 4.33. The first kappa shape index (κ1) is 19.5. The van der Waals surface area contributed by atoms with Crippen LogP contribution in [-0.2, 0) is 11.2 Å². The molecule has 6 nitrogen and oxygen atoms in total. The van der Waals surface area contributed by atoms with E-state index in [1.165, 1.54) is 5.56 Å². The lowest BCUT2D eigenvalue weighted by atomic mass is 9.83. The first-order valence-electron chi connectivity index (χ1n) is 10.7. The molecule has 1 unspecified atom stereocenters. The van der Waals surface area contributed by atoms with E-state index in [4.69, 9.17) is 0 Å². The summed E-state index contributed by atoms with van der Waals surface area (Å²) in [7, 11) is 0. The van der Waals surface area contributed by atoms with Gasteiger partial charge in [0, 0.05) is 16.9 Å². The maximum atomic E-state index is 12.9. The van der Waals surface area contributed by atoms with E-state index in [9.17, 15) is 14.9 Å². The number of carbonyl (C=O) groups excluding carboxylic acids is 2. The average molecular weight is 393 g/mol.